The van der Waals surface area contributed by atoms with Crippen LogP contribution < -0.4 is 11.1 Å². The number of nitrogens with one attached hydrogen (secondary N) is 1. The number of rotatable bonds is 5. The number of hydrogen-bond donors (Lipinski definition) is 2. The van der Waals surface area contributed by atoms with Crippen molar-refractivity contribution in [2.24, 2.45) is 5.92 Å². The molecule has 2 aliphatic heterocycles. The predicted molar refractivity (Wildman–Crippen MR) is 125 cm³/mol. The Morgan fingerprint density at radius 1 is 1.09 bits per heavy atom. The van der Waals surface area contributed by atoms with Gasteiger partial charge in [-0.2, -0.15) is 4.98 Å². The van der Waals surface area contributed by atoms with Gasteiger partial charge in [-0.05, 0) is 24.0 Å². The van der Waals surface area contributed by atoms with Crippen molar-refractivity contribution >= 4 is 17.7 Å². The van der Waals surface area contributed by atoms with E-state index < -0.39 is 5.56 Å². The fourth-order valence-electron chi connectivity index (χ4n) is 4.81. The molecule has 1 fully saturated rings. The van der Waals surface area contributed by atoms with E-state index in [1.165, 1.54) is 0 Å². The highest BCUT2D eigenvalue weighted by Gasteiger charge is 2.36. The van der Waals surface area contributed by atoms with Crippen molar-refractivity contribution in [1.29, 1.82) is 0 Å². The Labute approximate surface area is 194 Å². The van der Waals surface area contributed by atoms with E-state index in [-0.39, 0.29) is 52.1 Å². The summed E-state index contributed by atoms with van der Waals surface area (Å²) in [6, 6.07) is 14.7. The van der Waals surface area contributed by atoms with Crippen LogP contribution >= 0.6 is 11.8 Å². The van der Waals surface area contributed by atoms with E-state index in [2.05, 4.69) is 9.97 Å². The minimum Gasteiger partial charge on any atom is -0.493 e. The molecule has 9 heteroatoms. The molecule has 0 radical (unpaired) electrons. The maximum atomic E-state index is 12.9. The number of hydrogen-bond acceptors (Lipinski definition) is 6. The first kappa shape index (κ1) is 21.5. The third kappa shape index (κ3) is 4.45. The molecule has 2 bridgehead atoms. The molecular weight excluding hydrogens is 440 g/mol. The van der Waals surface area contributed by atoms with Crippen molar-refractivity contribution in [3.8, 4) is 5.88 Å². The Morgan fingerprint density at radius 3 is 2.70 bits per heavy atom. The number of aromatic nitrogens is 3. The maximum Gasteiger partial charge on any atom is 0.258 e. The van der Waals surface area contributed by atoms with Gasteiger partial charge in [0.25, 0.3) is 11.1 Å². The Morgan fingerprint density at radius 2 is 1.91 bits per heavy atom. The Balaban J connectivity index is 1.24. The van der Waals surface area contributed by atoms with Crippen LogP contribution in [0.1, 0.15) is 29.2 Å². The molecule has 2 aromatic heterocycles. The molecule has 1 amide bonds. The summed E-state index contributed by atoms with van der Waals surface area (Å²) in [7, 11) is 0. The summed E-state index contributed by atoms with van der Waals surface area (Å²) < 4.78 is 1.84. The number of benzene rings is 1. The minimum absolute atomic E-state index is 0.0167. The number of carbonyl (C=O) groups is 1. The third-order valence-electron chi connectivity index (χ3n) is 6.36. The van der Waals surface area contributed by atoms with Crippen molar-refractivity contribution in [3.63, 3.8) is 0 Å². The van der Waals surface area contributed by atoms with Crippen LogP contribution in [0.4, 0.5) is 0 Å². The predicted octanol–water partition coefficient (Wildman–Crippen LogP) is 1.97. The molecule has 2 N–H and O–H groups in total. The van der Waals surface area contributed by atoms with Crippen molar-refractivity contribution < 1.29 is 9.90 Å². The number of pyridine rings is 1. The van der Waals surface area contributed by atoms with Gasteiger partial charge < -0.3 is 19.6 Å². The Hall–Kier alpha value is -3.33. The van der Waals surface area contributed by atoms with Gasteiger partial charge in [0.15, 0.2) is 5.16 Å². The van der Waals surface area contributed by atoms with E-state index in [4.69, 9.17) is 0 Å². The monoisotopic (exact) mass is 464 g/mol. The van der Waals surface area contributed by atoms with Gasteiger partial charge in [-0.15, -0.1) is 0 Å². The summed E-state index contributed by atoms with van der Waals surface area (Å²) in [6.45, 7) is 1.82. The molecule has 0 aliphatic carbocycles. The zero-order valence-electron chi connectivity index (χ0n) is 17.9. The minimum atomic E-state index is -0.407. The molecule has 8 nitrogen and oxygen atoms in total. The Kier molecular flexibility index (Phi) is 5.80. The Bertz CT molecular complexity index is 1300. The molecule has 1 saturated heterocycles. The van der Waals surface area contributed by atoms with E-state index >= 15 is 0 Å². The number of piperidine rings is 1. The quantitative estimate of drug-likeness (QED) is 0.442. The molecule has 0 unspecified atom stereocenters. The second-order valence-electron chi connectivity index (χ2n) is 8.62. The first-order valence-corrected chi connectivity index (χ1v) is 11.9. The summed E-state index contributed by atoms with van der Waals surface area (Å²) in [5, 5.41) is 10.5. The second kappa shape index (κ2) is 8.90. The highest BCUT2D eigenvalue weighted by molar-refractivity contribution is 7.99. The van der Waals surface area contributed by atoms with E-state index in [1.807, 2.05) is 45.9 Å². The van der Waals surface area contributed by atoms with Crippen molar-refractivity contribution in [2.75, 3.05) is 18.8 Å². The second-order valence-corrected chi connectivity index (χ2v) is 9.59. The standard InChI is InChI=1S/C24H24N4O4S/c29-20-8-4-7-19-17-9-16(12-28(19)20)11-27(13-17)21(30)14-33-24-25-22(31)18(23(32)26-24)10-15-5-2-1-3-6-15/h1-8,16-17H,9-14H2,(H2,25,26,31,32)/t16-,17-/m1/s1. The van der Waals surface area contributed by atoms with Gasteiger partial charge in [0.05, 0.1) is 11.3 Å². The first-order chi connectivity index (χ1) is 16.0. The van der Waals surface area contributed by atoms with Crippen LogP contribution in [0.25, 0.3) is 0 Å². The molecule has 4 heterocycles. The van der Waals surface area contributed by atoms with Crippen LogP contribution in [0.3, 0.4) is 0 Å². The fourth-order valence-corrected chi connectivity index (χ4v) is 5.57. The number of aromatic amines is 1. The van der Waals surface area contributed by atoms with Gasteiger partial charge in [0.1, 0.15) is 0 Å². The lowest BCUT2D eigenvalue weighted by Gasteiger charge is -2.42. The number of nitrogens with zero attached hydrogens (tertiary/aromatic N) is 3. The summed E-state index contributed by atoms with van der Waals surface area (Å²) in [4.78, 5) is 46.2. The molecule has 5 rings (SSSR count). The van der Waals surface area contributed by atoms with Crippen LogP contribution in [0.15, 0.2) is 63.3 Å². The number of amides is 1. The highest BCUT2D eigenvalue weighted by atomic mass is 32.2. The highest BCUT2D eigenvalue weighted by Crippen LogP contribution is 2.35. The molecule has 2 atom stereocenters. The van der Waals surface area contributed by atoms with Gasteiger partial charge >= 0.3 is 0 Å². The zero-order valence-corrected chi connectivity index (χ0v) is 18.8. The van der Waals surface area contributed by atoms with Crippen molar-refractivity contribution in [1.82, 2.24) is 19.4 Å². The number of fused-ring (bicyclic) bond motifs is 4. The van der Waals surface area contributed by atoms with Crippen LogP contribution in [0.2, 0.25) is 0 Å². The van der Waals surface area contributed by atoms with Gasteiger partial charge in [0.2, 0.25) is 11.8 Å². The third-order valence-corrected chi connectivity index (χ3v) is 7.22. The van der Waals surface area contributed by atoms with Gasteiger partial charge in [-0.1, -0.05) is 48.2 Å². The fraction of sp³-hybridized carbons (Fsp3) is 0.333. The van der Waals surface area contributed by atoms with Crippen LogP contribution in [-0.4, -0.2) is 49.3 Å². The zero-order chi connectivity index (χ0) is 22.9. The average molecular weight is 465 g/mol. The smallest absolute Gasteiger partial charge is 0.258 e. The number of aromatic hydroxyl groups is 1. The van der Waals surface area contributed by atoms with E-state index in [0.29, 0.717) is 19.6 Å². The summed E-state index contributed by atoms with van der Waals surface area (Å²) >= 11 is 1.11. The molecule has 3 aromatic rings. The molecular formula is C24H24N4O4S. The number of thioether (sulfide) groups is 1. The van der Waals surface area contributed by atoms with Gasteiger partial charge in [-0.3, -0.25) is 14.4 Å². The lowest BCUT2D eigenvalue weighted by atomic mass is 9.83. The number of likely N-dealkylation sites (tertiary alicyclic amines) is 1. The average Bonchev–Trinajstić information content (AvgIpc) is 2.81. The SMILES string of the molecule is O=C(CSc1nc(O)c(Cc2ccccc2)c(=O)[nH]1)N1C[C@H]2C[C@H](C1)c1cccc(=O)n1C2. The molecule has 170 valence electrons. The summed E-state index contributed by atoms with van der Waals surface area (Å²) in [5.41, 5.74) is 1.71. The summed E-state index contributed by atoms with van der Waals surface area (Å²) in [5.74, 6) is 0.162. The van der Waals surface area contributed by atoms with Gasteiger partial charge in [-0.25, -0.2) is 0 Å². The summed E-state index contributed by atoms with van der Waals surface area (Å²) in [6.07, 6.45) is 1.26. The molecule has 2 aliphatic rings. The van der Waals surface area contributed by atoms with Crippen LogP contribution in [0.5, 0.6) is 5.88 Å². The van der Waals surface area contributed by atoms with E-state index in [9.17, 15) is 19.5 Å². The molecule has 1 aromatic carbocycles. The molecule has 0 saturated carbocycles. The maximum absolute atomic E-state index is 12.9. The number of H-pyrrole nitrogens is 1. The lowest BCUT2D eigenvalue weighted by Crippen LogP contribution is -2.49. The largest absolute Gasteiger partial charge is 0.493 e. The van der Waals surface area contributed by atoms with Crippen molar-refractivity contribution in [3.05, 3.63) is 86.1 Å². The van der Waals surface area contributed by atoms with E-state index in [0.717, 1.165) is 29.4 Å². The molecule has 0 spiro atoms. The normalized spacial score (nSPS) is 19.2. The molecule has 33 heavy (non-hydrogen) atoms. The first-order valence-electron chi connectivity index (χ1n) is 10.9. The lowest BCUT2D eigenvalue weighted by molar-refractivity contribution is -0.131. The van der Waals surface area contributed by atoms with Crippen molar-refractivity contribution in [2.45, 2.75) is 30.5 Å². The topological polar surface area (TPSA) is 108 Å². The van der Waals surface area contributed by atoms with Crippen LogP contribution in [-0.2, 0) is 17.8 Å². The van der Waals surface area contributed by atoms with Gasteiger partial charge in [0, 0.05) is 43.7 Å². The number of carbonyl (C=O) groups excluding carboxylic acids is 1. The van der Waals surface area contributed by atoms with E-state index in [1.54, 1.807) is 12.1 Å². The van der Waals surface area contributed by atoms with Crippen LogP contribution in [0, 0.1) is 5.92 Å².